The summed E-state index contributed by atoms with van der Waals surface area (Å²) in [5.41, 5.74) is 0.285. The lowest BCUT2D eigenvalue weighted by Gasteiger charge is -2.41. The molecule has 190 valence electrons. The van der Waals surface area contributed by atoms with Crippen molar-refractivity contribution in [2.75, 3.05) is 6.61 Å². The summed E-state index contributed by atoms with van der Waals surface area (Å²) < 4.78 is 15.7. The fourth-order valence-electron chi connectivity index (χ4n) is 3.16. The molecule has 0 aliphatic carbocycles. The number of hydrogen-bond donors (Lipinski definition) is 8. The first-order valence-electron chi connectivity index (χ1n) is 10.2. The SMILES string of the molecule is CC1OC(OC(C(O)C=O)C(OC(=O)C=Cc2ccc(O)c(O)c2)C(O)CO)C(O)C(O)C1O. The Morgan fingerprint density at radius 3 is 2.35 bits per heavy atom. The largest absolute Gasteiger partial charge is 0.504 e. The first kappa shape index (κ1) is 27.6. The van der Waals surface area contributed by atoms with E-state index in [4.69, 9.17) is 14.2 Å². The Hall–Kier alpha value is -2.62. The zero-order valence-electron chi connectivity index (χ0n) is 18.0. The van der Waals surface area contributed by atoms with Crippen molar-refractivity contribution in [3.05, 3.63) is 29.8 Å². The normalized spacial score (nSPS) is 28.7. The predicted molar refractivity (Wildman–Crippen MR) is 111 cm³/mol. The number of rotatable bonds is 10. The van der Waals surface area contributed by atoms with E-state index >= 15 is 0 Å². The first-order chi connectivity index (χ1) is 16.0. The van der Waals surface area contributed by atoms with E-state index < -0.39 is 73.4 Å². The molecule has 8 N–H and O–H groups in total. The fraction of sp³-hybridized carbons (Fsp3) is 0.524. The number of esters is 1. The molecule has 9 unspecified atom stereocenters. The lowest BCUT2D eigenvalue weighted by molar-refractivity contribution is -0.319. The molecule has 13 nitrogen and oxygen atoms in total. The van der Waals surface area contributed by atoms with Gasteiger partial charge in [-0.15, -0.1) is 0 Å². The van der Waals surface area contributed by atoms with Crippen LogP contribution in [0.1, 0.15) is 12.5 Å². The molecule has 0 saturated carbocycles. The number of ether oxygens (including phenoxy) is 3. The van der Waals surface area contributed by atoms with E-state index in [0.29, 0.717) is 0 Å². The molecule has 1 aliphatic rings. The zero-order chi connectivity index (χ0) is 25.6. The van der Waals surface area contributed by atoms with E-state index in [1.807, 2.05) is 0 Å². The lowest BCUT2D eigenvalue weighted by atomic mass is 9.99. The Morgan fingerprint density at radius 2 is 1.76 bits per heavy atom. The monoisotopic (exact) mass is 488 g/mol. The molecule has 0 spiro atoms. The summed E-state index contributed by atoms with van der Waals surface area (Å²) in [5.74, 6) is -1.95. The highest BCUT2D eigenvalue weighted by Gasteiger charge is 2.46. The number of carbonyl (C=O) groups is 2. The molecular formula is C21H28O13. The molecule has 2 rings (SSSR count). The molecule has 13 heteroatoms. The van der Waals surface area contributed by atoms with Crippen LogP contribution in [0.2, 0.25) is 0 Å². The Labute approximate surface area is 193 Å². The average Bonchev–Trinajstić information content (AvgIpc) is 2.82. The standard InChI is InChI=1S/C21H28O13/c1-9-16(29)17(30)18(31)21(32-9)34-20(14(27)8-23)19(13(26)7-22)33-15(28)5-3-10-2-4-11(24)12(25)6-10/h2-6,8-9,13-14,16-22,24-27,29-31H,7H2,1H3. The molecule has 0 radical (unpaired) electrons. The smallest absolute Gasteiger partial charge is 0.331 e. The van der Waals surface area contributed by atoms with Crippen LogP contribution in [0.5, 0.6) is 11.5 Å². The quantitative estimate of drug-likeness (QED) is 0.0719. The topological polar surface area (TPSA) is 224 Å². The fourth-order valence-corrected chi connectivity index (χ4v) is 3.16. The third-order valence-corrected chi connectivity index (χ3v) is 5.13. The Bertz CT molecular complexity index is 859. The van der Waals surface area contributed by atoms with Gasteiger partial charge in [-0.25, -0.2) is 4.79 Å². The molecule has 1 heterocycles. The lowest BCUT2D eigenvalue weighted by Crippen LogP contribution is -2.60. The molecule has 0 bridgehead atoms. The van der Waals surface area contributed by atoms with Crippen molar-refractivity contribution in [3.63, 3.8) is 0 Å². The van der Waals surface area contributed by atoms with Crippen molar-refractivity contribution in [2.45, 2.75) is 62.0 Å². The third kappa shape index (κ3) is 6.71. The molecule has 1 aliphatic heterocycles. The number of benzene rings is 1. The molecule has 34 heavy (non-hydrogen) atoms. The highest BCUT2D eigenvalue weighted by Crippen LogP contribution is 2.27. The highest BCUT2D eigenvalue weighted by atomic mass is 16.7. The van der Waals surface area contributed by atoms with Gasteiger partial charge in [-0.2, -0.15) is 0 Å². The van der Waals surface area contributed by atoms with Gasteiger partial charge in [0.15, 0.2) is 30.2 Å². The minimum absolute atomic E-state index is 0.00539. The van der Waals surface area contributed by atoms with Gasteiger partial charge in [-0.3, -0.25) is 0 Å². The number of hydrogen-bond acceptors (Lipinski definition) is 13. The number of aromatic hydroxyl groups is 2. The third-order valence-electron chi connectivity index (χ3n) is 5.13. The molecule has 1 saturated heterocycles. The van der Waals surface area contributed by atoms with Gasteiger partial charge in [0.05, 0.1) is 12.7 Å². The van der Waals surface area contributed by atoms with E-state index in [1.165, 1.54) is 25.1 Å². The minimum Gasteiger partial charge on any atom is -0.504 e. The van der Waals surface area contributed by atoms with Gasteiger partial charge in [0.25, 0.3) is 0 Å². The van der Waals surface area contributed by atoms with E-state index in [-0.39, 0.29) is 17.6 Å². The van der Waals surface area contributed by atoms with Crippen LogP contribution in [0.4, 0.5) is 0 Å². The maximum Gasteiger partial charge on any atom is 0.331 e. The van der Waals surface area contributed by atoms with Crippen molar-refractivity contribution < 1.29 is 64.7 Å². The van der Waals surface area contributed by atoms with Gasteiger partial charge in [0, 0.05) is 6.08 Å². The van der Waals surface area contributed by atoms with Crippen LogP contribution >= 0.6 is 0 Å². The average molecular weight is 488 g/mol. The number of aliphatic hydroxyl groups is 6. The van der Waals surface area contributed by atoms with Crippen molar-refractivity contribution >= 4 is 18.3 Å². The number of phenols is 2. The zero-order valence-corrected chi connectivity index (χ0v) is 18.0. The van der Waals surface area contributed by atoms with Gasteiger partial charge >= 0.3 is 5.97 Å². The maximum absolute atomic E-state index is 12.3. The second-order valence-electron chi connectivity index (χ2n) is 7.64. The summed E-state index contributed by atoms with van der Waals surface area (Å²) >= 11 is 0. The summed E-state index contributed by atoms with van der Waals surface area (Å²) in [6, 6.07) is 3.68. The molecular weight excluding hydrogens is 460 g/mol. The van der Waals surface area contributed by atoms with E-state index in [0.717, 1.165) is 12.1 Å². The number of phenolic OH excluding ortho intramolecular Hbond substituents is 2. The van der Waals surface area contributed by atoms with Crippen LogP contribution in [0.3, 0.4) is 0 Å². The first-order valence-corrected chi connectivity index (χ1v) is 10.2. The number of aldehydes is 1. The van der Waals surface area contributed by atoms with Crippen LogP contribution in [0.25, 0.3) is 6.08 Å². The maximum atomic E-state index is 12.3. The Kier molecular flexibility index (Phi) is 9.90. The van der Waals surface area contributed by atoms with Crippen molar-refractivity contribution in [3.8, 4) is 11.5 Å². The molecule has 1 aromatic carbocycles. The van der Waals surface area contributed by atoms with Crippen LogP contribution in [-0.2, 0) is 23.8 Å². The summed E-state index contributed by atoms with van der Waals surface area (Å²) in [6.07, 6.45) is -13.3. The van der Waals surface area contributed by atoms with Crippen LogP contribution in [-0.4, -0.2) is 115 Å². The van der Waals surface area contributed by atoms with Crippen LogP contribution in [0.15, 0.2) is 24.3 Å². The number of aliphatic hydroxyl groups excluding tert-OH is 6. The Balaban J connectivity index is 2.23. The van der Waals surface area contributed by atoms with Gasteiger partial charge in [-0.05, 0) is 30.7 Å². The number of carbonyl (C=O) groups excluding carboxylic acids is 2. The van der Waals surface area contributed by atoms with Gasteiger partial charge < -0.3 is 59.9 Å². The summed E-state index contributed by atoms with van der Waals surface area (Å²) in [7, 11) is 0. The van der Waals surface area contributed by atoms with Crippen LogP contribution < -0.4 is 0 Å². The second-order valence-corrected chi connectivity index (χ2v) is 7.64. The predicted octanol–water partition coefficient (Wildman–Crippen LogP) is -2.85. The van der Waals surface area contributed by atoms with E-state index in [9.17, 15) is 50.4 Å². The Morgan fingerprint density at radius 1 is 1.09 bits per heavy atom. The van der Waals surface area contributed by atoms with Gasteiger partial charge in [0.1, 0.15) is 36.6 Å². The minimum atomic E-state index is -2.04. The van der Waals surface area contributed by atoms with Crippen LogP contribution in [0, 0.1) is 0 Å². The van der Waals surface area contributed by atoms with E-state index in [2.05, 4.69) is 0 Å². The molecule has 0 amide bonds. The molecule has 0 aromatic heterocycles. The summed E-state index contributed by atoms with van der Waals surface area (Å²) in [5, 5.41) is 78.3. The molecule has 1 fully saturated rings. The van der Waals surface area contributed by atoms with Gasteiger partial charge in [-0.1, -0.05) is 6.07 Å². The molecule has 1 aromatic rings. The van der Waals surface area contributed by atoms with Gasteiger partial charge in [0.2, 0.25) is 0 Å². The highest BCUT2D eigenvalue weighted by molar-refractivity contribution is 5.87. The summed E-state index contributed by atoms with van der Waals surface area (Å²) in [6.45, 7) is 0.373. The molecule has 9 atom stereocenters. The second kappa shape index (κ2) is 12.2. The van der Waals surface area contributed by atoms with Crippen molar-refractivity contribution in [1.82, 2.24) is 0 Å². The van der Waals surface area contributed by atoms with E-state index in [1.54, 1.807) is 0 Å². The van der Waals surface area contributed by atoms with Crippen molar-refractivity contribution in [1.29, 1.82) is 0 Å². The van der Waals surface area contributed by atoms with Crippen molar-refractivity contribution in [2.24, 2.45) is 0 Å². The summed E-state index contributed by atoms with van der Waals surface area (Å²) in [4.78, 5) is 23.6.